The summed E-state index contributed by atoms with van der Waals surface area (Å²) in [6.45, 7) is 0.425. The third kappa shape index (κ3) is 4.38. The van der Waals surface area contributed by atoms with E-state index in [-0.39, 0.29) is 5.78 Å². The smallest absolute Gasteiger partial charge is 0.226 e. The summed E-state index contributed by atoms with van der Waals surface area (Å²) < 4.78 is 19.0. The SMILES string of the molecule is COc1cccc(-c2nc3n(n2)C(c2ccc(OCc4ccccc4)c(OC)c2)C2=C(CCCC2=O)N3)c1. The fourth-order valence-corrected chi connectivity index (χ4v) is 5.06. The van der Waals surface area contributed by atoms with Crippen molar-refractivity contribution in [2.75, 3.05) is 19.5 Å². The minimum Gasteiger partial charge on any atom is -0.497 e. The molecule has 192 valence electrons. The van der Waals surface area contributed by atoms with Gasteiger partial charge >= 0.3 is 0 Å². The number of Topliss-reactive ketones (excluding diaryl/α,β-unsaturated/α-hetero) is 1. The molecule has 2 aliphatic rings. The second-order valence-corrected chi connectivity index (χ2v) is 9.32. The number of carbonyl (C=O) groups excluding carboxylic acids is 1. The minimum atomic E-state index is -0.432. The Balaban J connectivity index is 1.40. The Labute approximate surface area is 220 Å². The van der Waals surface area contributed by atoms with Crippen molar-refractivity contribution < 1.29 is 19.0 Å². The van der Waals surface area contributed by atoms with E-state index in [1.54, 1.807) is 18.9 Å². The van der Waals surface area contributed by atoms with E-state index in [0.717, 1.165) is 46.6 Å². The molecule has 0 bridgehead atoms. The Bertz CT molecular complexity index is 1530. The quantitative estimate of drug-likeness (QED) is 0.350. The molecule has 0 saturated heterocycles. The number of rotatable bonds is 7. The fraction of sp³-hybridized carbons (Fsp3) is 0.233. The second-order valence-electron chi connectivity index (χ2n) is 9.32. The van der Waals surface area contributed by atoms with Crippen molar-refractivity contribution in [2.24, 2.45) is 0 Å². The van der Waals surface area contributed by atoms with E-state index >= 15 is 0 Å². The average molecular weight is 509 g/mol. The number of hydrogen-bond acceptors (Lipinski definition) is 7. The Kier molecular flexibility index (Phi) is 6.29. The van der Waals surface area contributed by atoms with Gasteiger partial charge in [-0.3, -0.25) is 4.79 Å². The maximum absolute atomic E-state index is 13.2. The molecular weight excluding hydrogens is 480 g/mol. The molecule has 2 heterocycles. The number of ether oxygens (including phenoxy) is 3. The van der Waals surface area contributed by atoms with E-state index in [4.69, 9.17) is 24.3 Å². The maximum Gasteiger partial charge on any atom is 0.226 e. The zero-order valence-corrected chi connectivity index (χ0v) is 21.3. The average Bonchev–Trinajstić information content (AvgIpc) is 3.39. The van der Waals surface area contributed by atoms with E-state index in [9.17, 15) is 4.79 Å². The molecular formula is C30H28N4O4. The molecule has 0 spiro atoms. The van der Waals surface area contributed by atoms with Gasteiger partial charge in [0.05, 0.1) is 14.2 Å². The number of carbonyl (C=O) groups is 1. The van der Waals surface area contributed by atoms with Crippen molar-refractivity contribution in [3.63, 3.8) is 0 Å². The van der Waals surface area contributed by atoms with Crippen LogP contribution in [-0.4, -0.2) is 34.8 Å². The van der Waals surface area contributed by atoms with Crippen LogP contribution in [0.25, 0.3) is 11.4 Å². The molecule has 0 radical (unpaired) electrons. The lowest BCUT2D eigenvalue weighted by Crippen LogP contribution is -2.31. The monoisotopic (exact) mass is 508 g/mol. The number of nitrogens with one attached hydrogen (secondary N) is 1. The van der Waals surface area contributed by atoms with Gasteiger partial charge in [-0.05, 0) is 48.2 Å². The predicted molar refractivity (Wildman–Crippen MR) is 143 cm³/mol. The van der Waals surface area contributed by atoms with Gasteiger partial charge in [-0.15, -0.1) is 5.10 Å². The van der Waals surface area contributed by atoms with Crippen LogP contribution < -0.4 is 19.5 Å². The van der Waals surface area contributed by atoms with Gasteiger partial charge in [0.25, 0.3) is 0 Å². The molecule has 0 amide bonds. The Morgan fingerprint density at radius 2 is 1.82 bits per heavy atom. The highest BCUT2D eigenvalue weighted by atomic mass is 16.5. The summed E-state index contributed by atoms with van der Waals surface area (Å²) in [6, 6.07) is 23.0. The first-order valence-corrected chi connectivity index (χ1v) is 12.6. The summed E-state index contributed by atoms with van der Waals surface area (Å²) in [7, 11) is 3.25. The third-order valence-electron chi connectivity index (χ3n) is 6.94. The number of methoxy groups -OCH3 is 2. The number of benzene rings is 3. The molecule has 1 aliphatic carbocycles. The van der Waals surface area contributed by atoms with Gasteiger partial charge in [0, 0.05) is 23.3 Å². The van der Waals surface area contributed by atoms with Gasteiger partial charge < -0.3 is 19.5 Å². The van der Waals surface area contributed by atoms with Gasteiger partial charge in [-0.25, -0.2) is 4.68 Å². The van der Waals surface area contributed by atoms with Crippen molar-refractivity contribution in [3.8, 4) is 28.6 Å². The molecule has 0 fully saturated rings. The maximum atomic E-state index is 13.2. The van der Waals surface area contributed by atoms with Gasteiger partial charge in [0.1, 0.15) is 18.4 Å². The first kappa shape index (κ1) is 23.8. The van der Waals surface area contributed by atoms with Crippen LogP contribution in [0.2, 0.25) is 0 Å². The standard InChI is InChI=1S/C30H28N4O4/c1-36-22-11-6-10-21(16-22)29-32-30-31-23-12-7-13-24(35)27(23)28(34(30)33-29)20-14-15-25(26(17-20)37-2)38-18-19-8-4-3-5-9-19/h3-6,8-11,14-17,28H,7,12-13,18H2,1-2H3,(H,31,32,33). The largest absolute Gasteiger partial charge is 0.497 e. The van der Waals surface area contributed by atoms with Crippen LogP contribution in [0.15, 0.2) is 84.1 Å². The fourth-order valence-electron chi connectivity index (χ4n) is 5.06. The van der Waals surface area contributed by atoms with Crippen molar-refractivity contribution in [1.82, 2.24) is 14.8 Å². The van der Waals surface area contributed by atoms with E-state index in [0.29, 0.717) is 36.3 Å². The highest BCUT2D eigenvalue weighted by Gasteiger charge is 2.37. The highest BCUT2D eigenvalue weighted by molar-refractivity contribution is 5.99. The molecule has 8 nitrogen and oxygen atoms in total. The number of hydrogen-bond donors (Lipinski definition) is 1. The molecule has 1 unspecified atom stereocenters. The summed E-state index contributed by atoms with van der Waals surface area (Å²) in [4.78, 5) is 18.0. The van der Waals surface area contributed by atoms with Crippen LogP contribution in [0.1, 0.15) is 36.4 Å². The summed E-state index contributed by atoms with van der Waals surface area (Å²) in [5.41, 5.74) is 4.41. The first-order valence-electron chi connectivity index (χ1n) is 12.6. The van der Waals surface area contributed by atoms with Crippen LogP contribution in [0.5, 0.6) is 17.2 Å². The predicted octanol–water partition coefficient (Wildman–Crippen LogP) is 5.56. The Morgan fingerprint density at radius 1 is 0.947 bits per heavy atom. The number of aromatic nitrogens is 3. The van der Waals surface area contributed by atoms with E-state index in [1.165, 1.54) is 0 Å². The normalized spacial score (nSPS) is 16.4. The molecule has 1 aromatic heterocycles. The molecule has 1 aliphatic heterocycles. The number of nitrogens with zero attached hydrogens (tertiary/aromatic N) is 3. The number of allylic oxidation sites excluding steroid dienone is 2. The lowest BCUT2D eigenvalue weighted by molar-refractivity contribution is -0.116. The molecule has 0 saturated carbocycles. The highest BCUT2D eigenvalue weighted by Crippen LogP contribution is 2.42. The van der Waals surface area contributed by atoms with Crippen LogP contribution in [-0.2, 0) is 11.4 Å². The molecule has 3 aromatic carbocycles. The molecule has 1 atom stereocenters. The Morgan fingerprint density at radius 3 is 2.63 bits per heavy atom. The van der Waals surface area contributed by atoms with Gasteiger partial charge in [0.2, 0.25) is 5.95 Å². The second kappa shape index (κ2) is 10.0. The molecule has 1 N–H and O–H groups in total. The summed E-state index contributed by atoms with van der Waals surface area (Å²) in [6.07, 6.45) is 2.11. The number of ketones is 1. The van der Waals surface area contributed by atoms with Gasteiger partial charge in [0.15, 0.2) is 23.1 Å². The summed E-state index contributed by atoms with van der Waals surface area (Å²) in [5, 5.41) is 8.25. The Hall–Kier alpha value is -4.59. The van der Waals surface area contributed by atoms with Crippen LogP contribution in [0.3, 0.4) is 0 Å². The minimum absolute atomic E-state index is 0.121. The van der Waals surface area contributed by atoms with Crippen LogP contribution in [0.4, 0.5) is 5.95 Å². The topological polar surface area (TPSA) is 87.5 Å². The molecule has 8 heteroatoms. The summed E-state index contributed by atoms with van der Waals surface area (Å²) >= 11 is 0. The molecule has 4 aromatic rings. The zero-order valence-electron chi connectivity index (χ0n) is 21.3. The van der Waals surface area contributed by atoms with Crippen molar-refractivity contribution in [1.29, 1.82) is 0 Å². The molecule has 38 heavy (non-hydrogen) atoms. The van der Waals surface area contributed by atoms with Crippen LogP contribution >= 0.6 is 0 Å². The number of fused-ring (bicyclic) bond motifs is 1. The van der Waals surface area contributed by atoms with E-state index in [2.05, 4.69) is 5.32 Å². The first-order chi connectivity index (χ1) is 18.6. The van der Waals surface area contributed by atoms with E-state index in [1.807, 2.05) is 72.8 Å². The zero-order chi connectivity index (χ0) is 26.1. The van der Waals surface area contributed by atoms with Crippen molar-refractivity contribution in [2.45, 2.75) is 31.9 Å². The van der Waals surface area contributed by atoms with Crippen molar-refractivity contribution >= 4 is 11.7 Å². The van der Waals surface area contributed by atoms with E-state index < -0.39 is 6.04 Å². The third-order valence-corrected chi connectivity index (χ3v) is 6.94. The lowest BCUT2D eigenvalue weighted by atomic mass is 9.85. The van der Waals surface area contributed by atoms with Crippen LogP contribution in [0, 0.1) is 0 Å². The van der Waals surface area contributed by atoms with Crippen molar-refractivity contribution in [3.05, 3.63) is 95.2 Å². The van der Waals surface area contributed by atoms with Gasteiger partial charge in [-0.2, -0.15) is 4.98 Å². The summed E-state index contributed by atoms with van der Waals surface area (Å²) in [5.74, 6) is 3.23. The lowest BCUT2D eigenvalue weighted by Gasteiger charge is -2.32. The number of anilines is 1. The molecule has 6 rings (SSSR count). The van der Waals surface area contributed by atoms with Gasteiger partial charge in [-0.1, -0.05) is 48.5 Å².